The zero-order chi connectivity index (χ0) is 45.2. The van der Waals surface area contributed by atoms with Crippen molar-refractivity contribution in [2.24, 2.45) is 52.3 Å². The molecular formula is C45H76F4N2O6SSi2. The van der Waals surface area contributed by atoms with E-state index in [0.29, 0.717) is 30.1 Å². The van der Waals surface area contributed by atoms with Gasteiger partial charge >= 0.3 is 12.4 Å². The summed E-state index contributed by atoms with van der Waals surface area (Å²) in [5.41, 5.74) is -0.130. The molecule has 1 aromatic carbocycles. The lowest BCUT2D eigenvalue weighted by molar-refractivity contribution is -0.274. The summed E-state index contributed by atoms with van der Waals surface area (Å²) < 4.78 is 101. The fraction of sp³-hybridized carbons (Fsp3) is 0.844. The third-order valence-electron chi connectivity index (χ3n) is 17.1. The number of ether oxygens (including phenoxy) is 1. The van der Waals surface area contributed by atoms with Crippen LogP contribution >= 0.6 is 0 Å². The first-order valence-electron chi connectivity index (χ1n) is 22.5. The van der Waals surface area contributed by atoms with Gasteiger partial charge in [0.05, 0.1) is 17.1 Å². The van der Waals surface area contributed by atoms with Gasteiger partial charge in [-0.2, -0.15) is 0 Å². The lowest BCUT2D eigenvalue weighted by Crippen LogP contribution is -2.67. The number of urea groups is 1. The van der Waals surface area contributed by atoms with Gasteiger partial charge in [-0.3, -0.25) is 0 Å². The molecule has 6 unspecified atom stereocenters. The summed E-state index contributed by atoms with van der Waals surface area (Å²) in [5.74, 6) is 1.08. The van der Waals surface area contributed by atoms with Crippen molar-refractivity contribution in [1.29, 1.82) is 0 Å². The second-order valence-electron chi connectivity index (χ2n) is 22.5. The number of alkyl halides is 4. The Hall–Kier alpha value is -1.69. The Morgan fingerprint density at radius 2 is 1.42 bits per heavy atom. The molecule has 4 aliphatic rings. The van der Waals surface area contributed by atoms with Gasteiger partial charge in [-0.15, -0.1) is 13.2 Å². The highest BCUT2D eigenvalue weighted by Crippen LogP contribution is 2.71. The average Bonchev–Trinajstić information content (AvgIpc) is 3.45. The minimum atomic E-state index is -4.91. The second kappa shape index (κ2) is 17.0. The van der Waals surface area contributed by atoms with Crippen molar-refractivity contribution in [1.82, 2.24) is 10.0 Å². The quantitative estimate of drug-likeness (QED) is 0.160. The largest absolute Gasteiger partial charge is 0.573 e. The lowest BCUT2D eigenvalue weighted by atomic mass is 9.41. The van der Waals surface area contributed by atoms with Gasteiger partial charge in [-0.25, -0.2) is 22.3 Å². The summed E-state index contributed by atoms with van der Waals surface area (Å²) in [6.45, 7) is 32.4. The highest BCUT2D eigenvalue weighted by Gasteiger charge is 2.68. The molecule has 0 saturated heterocycles. The van der Waals surface area contributed by atoms with Crippen LogP contribution in [0.1, 0.15) is 121 Å². The first-order valence-corrected chi connectivity index (χ1v) is 29.8. The smallest absolute Gasteiger partial charge is 0.413 e. The number of benzene rings is 1. The first kappa shape index (κ1) is 49.3. The van der Waals surface area contributed by atoms with Crippen molar-refractivity contribution >= 4 is 32.7 Å². The molecule has 0 radical (unpaired) electrons. The molecule has 2 amide bonds. The monoisotopic (exact) mass is 904 g/mol. The molecule has 0 bridgehead atoms. The van der Waals surface area contributed by atoms with Crippen molar-refractivity contribution < 1.29 is 44.4 Å². The van der Waals surface area contributed by atoms with Crippen LogP contribution in [0.3, 0.4) is 0 Å². The van der Waals surface area contributed by atoms with Gasteiger partial charge in [0.25, 0.3) is 10.0 Å². The molecule has 0 aromatic heterocycles. The molecule has 4 saturated carbocycles. The fourth-order valence-corrected chi connectivity index (χ4v) is 15.6. The first-order chi connectivity index (χ1) is 27.3. The summed E-state index contributed by atoms with van der Waals surface area (Å²) in [4.78, 5) is 12.4. The zero-order valence-electron chi connectivity index (χ0n) is 38.8. The van der Waals surface area contributed by atoms with Crippen molar-refractivity contribution in [3.05, 3.63) is 24.3 Å². The third-order valence-corrected chi connectivity index (χ3v) is 27.4. The molecule has 8 nitrogen and oxygen atoms in total. The lowest BCUT2D eigenvalue weighted by Gasteiger charge is -2.67. The van der Waals surface area contributed by atoms with E-state index in [2.05, 4.69) is 105 Å². The number of hydrogen-bond acceptors (Lipinski definition) is 6. The molecule has 344 valence electrons. The van der Waals surface area contributed by atoms with Crippen LogP contribution in [-0.2, 0) is 18.9 Å². The molecule has 2 N–H and O–H groups in total. The summed E-state index contributed by atoms with van der Waals surface area (Å²) in [5, 5.41) is 2.69. The summed E-state index contributed by atoms with van der Waals surface area (Å²) in [6, 6.07) is 2.77. The molecule has 0 aliphatic heterocycles. The van der Waals surface area contributed by atoms with Crippen LogP contribution in [0.15, 0.2) is 29.2 Å². The van der Waals surface area contributed by atoms with Crippen molar-refractivity contribution in [3.63, 3.8) is 0 Å². The van der Waals surface area contributed by atoms with E-state index in [0.717, 1.165) is 69.2 Å². The normalized spacial score (nSPS) is 34.5. The van der Waals surface area contributed by atoms with Crippen molar-refractivity contribution in [2.45, 2.75) is 187 Å². The van der Waals surface area contributed by atoms with E-state index in [1.807, 2.05) is 4.72 Å². The number of fused-ring (bicyclic) bond motifs is 5. The number of carbonyl (C=O) groups excluding carboxylic acids is 1. The Bertz CT molecular complexity index is 1780. The van der Waals surface area contributed by atoms with Crippen LogP contribution in [0, 0.1) is 52.3 Å². The standard InChI is InChI=1S/C45H76F4N2O6SSi2/c1-15-31-37-38(46)35(56-59(11,12)41(3,4)5)23-26-44(37,10)34-22-25-43(9)32(20-21-33(43)36(34)39(31)57-60(13,14)42(6,7)8)28(2)24-27-50-40(52)51-58(53,54)30-18-16-29(17-19-30)55-45(47,48)49/h16-19,28,31-39H,15,20-27H2,1-14H3,(H2,50,51,52)/t28-,31-,32?,33?,34?,35?,36?,37-,38+,39?,43-,44-/m1/s1. The van der Waals surface area contributed by atoms with Crippen LogP contribution in [-0.4, -0.2) is 62.4 Å². The maximum absolute atomic E-state index is 17.7. The van der Waals surface area contributed by atoms with Gasteiger partial charge in [-0.05, 0) is 152 Å². The van der Waals surface area contributed by atoms with Crippen LogP contribution in [0.4, 0.5) is 22.4 Å². The van der Waals surface area contributed by atoms with Gasteiger partial charge in [0, 0.05) is 12.5 Å². The van der Waals surface area contributed by atoms with Crippen LogP contribution in [0.5, 0.6) is 5.75 Å². The van der Waals surface area contributed by atoms with Gasteiger partial charge < -0.3 is 18.9 Å². The van der Waals surface area contributed by atoms with E-state index >= 15 is 4.39 Å². The van der Waals surface area contributed by atoms with E-state index in [1.165, 1.54) is 0 Å². The van der Waals surface area contributed by atoms with Crippen LogP contribution in [0.25, 0.3) is 0 Å². The van der Waals surface area contributed by atoms with Crippen LogP contribution < -0.4 is 14.8 Å². The summed E-state index contributed by atoms with van der Waals surface area (Å²) in [7, 11) is -8.81. The molecule has 15 heteroatoms. The Morgan fingerprint density at radius 1 is 0.867 bits per heavy atom. The number of halogens is 4. The van der Waals surface area contributed by atoms with Gasteiger partial charge in [0.15, 0.2) is 16.6 Å². The van der Waals surface area contributed by atoms with E-state index in [9.17, 15) is 26.4 Å². The molecular weight excluding hydrogens is 829 g/mol. The third kappa shape index (κ3) is 9.69. The molecule has 5 rings (SSSR count). The van der Waals surface area contributed by atoms with Crippen molar-refractivity contribution in [3.8, 4) is 5.75 Å². The number of sulfonamides is 1. The van der Waals surface area contributed by atoms with Gasteiger partial charge in [0.1, 0.15) is 11.9 Å². The highest BCUT2D eigenvalue weighted by atomic mass is 32.2. The highest BCUT2D eigenvalue weighted by molar-refractivity contribution is 7.90. The molecule has 0 spiro atoms. The SMILES string of the molecule is CC[C@H]1C(O[Si](C)(C)C(C)(C)C)C2C3CCC([C@H](C)CCNC(=O)NS(=O)(=O)c4ccc(OC(F)(F)F)cc4)[C@@]3(C)CCC2[C@@]2(C)CCC(O[Si](C)(C)C(C)(C)C)[C@H](F)[C@@H]12. The number of amides is 2. The van der Waals surface area contributed by atoms with E-state index in [1.54, 1.807) is 0 Å². The molecule has 1 aromatic rings. The van der Waals surface area contributed by atoms with Gasteiger partial charge in [-0.1, -0.05) is 75.7 Å². The fourth-order valence-electron chi connectivity index (χ4n) is 11.9. The van der Waals surface area contributed by atoms with Crippen molar-refractivity contribution in [2.75, 3.05) is 6.54 Å². The average molecular weight is 905 g/mol. The number of rotatable bonds is 12. The molecule has 12 atom stereocenters. The predicted molar refractivity (Wildman–Crippen MR) is 235 cm³/mol. The molecule has 4 aliphatic carbocycles. The number of nitrogens with one attached hydrogen (secondary N) is 2. The van der Waals surface area contributed by atoms with Gasteiger partial charge in [0.2, 0.25) is 0 Å². The Kier molecular flexibility index (Phi) is 14.0. The Labute approximate surface area is 361 Å². The Morgan fingerprint density at radius 3 is 1.97 bits per heavy atom. The number of carbonyl (C=O) groups is 1. The molecule has 60 heavy (non-hydrogen) atoms. The Balaban J connectivity index is 1.34. The summed E-state index contributed by atoms with van der Waals surface area (Å²) in [6.07, 6.45) is 1.06. The van der Waals surface area contributed by atoms with Crippen LogP contribution in [0.2, 0.25) is 36.3 Å². The minimum Gasteiger partial charge on any atom is -0.413 e. The topological polar surface area (TPSA) is 103 Å². The maximum atomic E-state index is 17.7. The maximum Gasteiger partial charge on any atom is 0.573 e. The minimum absolute atomic E-state index is 0.00327. The summed E-state index contributed by atoms with van der Waals surface area (Å²) >= 11 is 0. The van der Waals surface area contributed by atoms with E-state index in [4.69, 9.17) is 8.85 Å². The second-order valence-corrected chi connectivity index (χ2v) is 33.7. The van der Waals surface area contributed by atoms with E-state index in [-0.39, 0.29) is 56.2 Å². The zero-order valence-corrected chi connectivity index (χ0v) is 41.6. The van der Waals surface area contributed by atoms with E-state index < -0.39 is 57.1 Å². The molecule has 4 fully saturated rings. The molecule has 0 heterocycles. The number of hydrogen-bond donors (Lipinski definition) is 2. The predicted octanol–water partition coefficient (Wildman–Crippen LogP) is 12.2.